The molecule has 1 N–H and O–H groups in total. The molecule has 1 rings (SSSR count). The van der Waals surface area contributed by atoms with E-state index in [1.165, 1.54) is 6.07 Å². The zero-order valence-electron chi connectivity index (χ0n) is 13.2. The number of ether oxygens (including phenoxy) is 1. The third-order valence-electron chi connectivity index (χ3n) is 3.95. The van der Waals surface area contributed by atoms with E-state index in [0.29, 0.717) is 11.7 Å². The molecule has 1 aromatic rings. The van der Waals surface area contributed by atoms with Gasteiger partial charge >= 0.3 is 0 Å². The number of halogens is 1. The van der Waals surface area contributed by atoms with Gasteiger partial charge in [-0.2, -0.15) is 0 Å². The number of nitrogens with one attached hydrogen (secondary N) is 1. The predicted octanol–water partition coefficient (Wildman–Crippen LogP) is 4.70. The van der Waals surface area contributed by atoms with E-state index in [0.717, 1.165) is 37.8 Å². The molecule has 0 fully saturated rings. The lowest BCUT2D eigenvalue weighted by molar-refractivity contribution is 0.362. The highest BCUT2D eigenvalue weighted by atomic mass is 19.1. The van der Waals surface area contributed by atoms with Crippen LogP contribution in [0.5, 0.6) is 5.75 Å². The van der Waals surface area contributed by atoms with Gasteiger partial charge in [0.2, 0.25) is 0 Å². The highest BCUT2D eigenvalue weighted by Crippen LogP contribution is 2.29. The molecule has 0 aliphatic carbocycles. The minimum absolute atomic E-state index is 0.0887. The number of methoxy groups -OCH3 is 1. The lowest BCUT2D eigenvalue weighted by atomic mass is 9.90. The third-order valence-corrected chi connectivity index (χ3v) is 3.95. The maximum absolute atomic E-state index is 14.3. The van der Waals surface area contributed by atoms with Crippen LogP contribution in [0.4, 0.5) is 4.39 Å². The van der Waals surface area contributed by atoms with E-state index in [1.54, 1.807) is 7.11 Å². The standard InChI is InChI=1S/C17H28FNO/c1-5-10-19-17(11-13(6-2)7-3)15-9-8-14(20-4)12-16(15)18/h8-9,12-13,17,19H,5-7,10-11H2,1-4H3. The number of benzene rings is 1. The summed E-state index contributed by atoms with van der Waals surface area (Å²) in [6.07, 6.45) is 4.31. The van der Waals surface area contributed by atoms with E-state index in [-0.39, 0.29) is 11.9 Å². The quantitative estimate of drug-likeness (QED) is 0.708. The van der Waals surface area contributed by atoms with Crippen molar-refractivity contribution in [2.45, 2.75) is 52.5 Å². The van der Waals surface area contributed by atoms with Crippen molar-refractivity contribution in [3.63, 3.8) is 0 Å². The van der Waals surface area contributed by atoms with Crippen LogP contribution in [0.3, 0.4) is 0 Å². The smallest absolute Gasteiger partial charge is 0.131 e. The van der Waals surface area contributed by atoms with E-state index in [2.05, 4.69) is 26.1 Å². The topological polar surface area (TPSA) is 21.3 Å². The first kappa shape index (κ1) is 17.0. The van der Waals surface area contributed by atoms with Gasteiger partial charge in [-0.15, -0.1) is 0 Å². The van der Waals surface area contributed by atoms with Crippen LogP contribution < -0.4 is 10.1 Å². The summed E-state index contributed by atoms with van der Waals surface area (Å²) in [7, 11) is 1.56. The van der Waals surface area contributed by atoms with Gasteiger partial charge in [-0.05, 0) is 31.4 Å². The second-order valence-electron chi connectivity index (χ2n) is 5.31. The first-order valence-electron chi connectivity index (χ1n) is 7.72. The fourth-order valence-electron chi connectivity index (χ4n) is 2.51. The van der Waals surface area contributed by atoms with Crippen molar-refractivity contribution in [1.29, 1.82) is 0 Å². The van der Waals surface area contributed by atoms with E-state index in [9.17, 15) is 4.39 Å². The number of hydrogen-bond donors (Lipinski definition) is 1. The van der Waals surface area contributed by atoms with Gasteiger partial charge in [0.1, 0.15) is 11.6 Å². The predicted molar refractivity (Wildman–Crippen MR) is 82.7 cm³/mol. The summed E-state index contributed by atoms with van der Waals surface area (Å²) in [6, 6.07) is 5.25. The van der Waals surface area contributed by atoms with Crippen molar-refractivity contribution in [3.05, 3.63) is 29.6 Å². The molecule has 20 heavy (non-hydrogen) atoms. The van der Waals surface area contributed by atoms with Crippen LogP contribution in [0.25, 0.3) is 0 Å². The molecule has 0 heterocycles. The normalized spacial score (nSPS) is 12.7. The molecule has 0 spiro atoms. The van der Waals surface area contributed by atoms with Crippen LogP contribution in [0.15, 0.2) is 18.2 Å². The van der Waals surface area contributed by atoms with Gasteiger partial charge in [-0.25, -0.2) is 4.39 Å². The van der Waals surface area contributed by atoms with Crippen LogP contribution in [0.1, 0.15) is 58.1 Å². The Kier molecular flexibility index (Phi) is 7.60. The monoisotopic (exact) mass is 281 g/mol. The van der Waals surface area contributed by atoms with Gasteiger partial charge in [-0.1, -0.05) is 39.7 Å². The van der Waals surface area contributed by atoms with Gasteiger partial charge < -0.3 is 10.1 Å². The Morgan fingerprint density at radius 3 is 2.40 bits per heavy atom. The van der Waals surface area contributed by atoms with E-state index < -0.39 is 0 Å². The summed E-state index contributed by atoms with van der Waals surface area (Å²) in [5.74, 6) is 1.03. The molecule has 2 nitrogen and oxygen atoms in total. The van der Waals surface area contributed by atoms with Crippen LogP contribution in [-0.4, -0.2) is 13.7 Å². The van der Waals surface area contributed by atoms with E-state index in [4.69, 9.17) is 4.74 Å². The molecule has 0 aliphatic rings. The third kappa shape index (κ3) is 4.78. The van der Waals surface area contributed by atoms with Crippen molar-refractivity contribution >= 4 is 0 Å². The fraction of sp³-hybridized carbons (Fsp3) is 0.647. The van der Waals surface area contributed by atoms with Crippen molar-refractivity contribution in [1.82, 2.24) is 5.32 Å². The molecule has 0 radical (unpaired) electrons. The lowest BCUT2D eigenvalue weighted by Crippen LogP contribution is -2.25. The molecular weight excluding hydrogens is 253 g/mol. The van der Waals surface area contributed by atoms with E-state index >= 15 is 0 Å². The van der Waals surface area contributed by atoms with Crippen LogP contribution in [-0.2, 0) is 0 Å². The Morgan fingerprint density at radius 2 is 1.90 bits per heavy atom. The average Bonchev–Trinajstić information content (AvgIpc) is 2.48. The molecule has 3 heteroatoms. The van der Waals surface area contributed by atoms with E-state index in [1.807, 2.05) is 12.1 Å². The molecule has 114 valence electrons. The van der Waals surface area contributed by atoms with Crippen LogP contribution >= 0.6 is 0 Å². The first-order valence-corrected chi connectivity index (χ1v) is 7.72. The Morgan fingerprint density at radius 1 is 1.20 bits per heavy atom. The maximum Gasteiger partial charge on any atom is 0.131 e. The average molecular weight is 281 g/mol. The second kappa shape index (κ2) is 8.96. The van der Waals surface area contributed by atoms with Crippen molar-refractivity contribution in [2.75, 3.05) is 13.7 Å². The molecule has 1 aromatic carbocycles. The summed E-state index contributed by atoms with van der Waals surface area (Å²) in [4.78, 5) is 0. The van der Waals surface area contributed by atoms with Crippen molar-refractivity contribution in [2.24, 2.45) is 5.92 Å². The minimum Gasteiger partial charge on any atom is -0.497 e. The summed E-state index contributed by atoms with van der Waals surface area (Å²) in [5, 5.41) is 3.48. The summed E-state index contributed by atoms with van der Waals surface area (Å²) >= 11 is 0. The Balaban J connectivity index is 2.91. The number of rotatable bonds is 9. The summed E-state index contributed by atoms with van der Waals surface area (Å²) < 4.78 is 19.3. The van der Waals surface area contributed by atoms with Gasteiger partial charge in [0.15, 0.2) is 0 Å². The molecular formula is C17H28FNO. The van der Waals surface area contributed by atoms with Crippen LogP contribution in [0, 0.1) is 11.7 Å². The fourth-order valence-corrected chi connectivity index (χ4v) is 2.51. The maximum atomic E-state index is 14.3. The highest BCUT2D eigenvalue weighted by molar-refractivity contribution is 5.31. The van der Waals surface area contributed by atoms with Crippen molar-refractivity contribution in [3.8, 4) is 5.75 Å². The lowest BCUT2D eigenvalue weighted by Gasteiger charge is -2.24. The van der Waals surface area contributed by atoms with Gasteiger partial charge in [0, 0.05) is 17.7 Å². The SMILES string of the molecule is CCCNC(CC(CC)CC)c1ccc(OC)cc1F. The van der Waals surface area contributed by atoms with Gasteiger partial charge in [0.05, 0.1) is 7.11 Å². The van der Waals surface area contributed by atoms with Crippen molar-refractivity contribution < 1.29 is 9.13 Å². The molecule has 0 bridgehead atoms. The Hall–Kier alpha value is -1.09. The van der Waals surface area contributed by atoms with Gasteiger partial charge in [0.25, 0.3) is 0 Å². The number of hydrogen-bond acceptors (Lipinski definition) is 2. The summed E-state index contributed by atoms with van der Waals surface area (Å²) in [5.41, 5.74) is 0.756. The zero-order valence-corrected chi connectivity index (χ0v) is 13.2. The summed E-state index contributed by atoms with van der Waals surface area (Å²) in [6.45, 7) is 7.45. The first-order chi connectivity index (χ1) is 9.65. The van der Waals surface area contributed by atoms with Crippen LogP contribution in [0.2, 0.25) is 0 Å². The van der Waals surface area contributed by atoms with Gasteiger partial charge in [-0.3, -0.25) is 0 Å². The highest BCUT2D eigenvalue weighted by Gasteiger charge is 2.19. The zero-order chi connectivity index (χ0) is 15.0. The largest absolute Gasteiger partial charge is 0.497 e. The minimum atomic E-state index is -0.177. The Labute approximate surface area is 122 Å². The Bertz CT molecular complexity index is 391. The molecule has 0 amide bonds. The molecule has 1 unspecified atom stereocenters. The molecule has 0 saturated heterocycles. The molecule has 0 aromatic heterocycles. The molecule has 0 saturated carbocycles. The molecule has 1 atom stereocenters. The molecule has 0 aliphatic heterocycles. The second-order valence-corrected chi connectivity index (χ2v) is 5.31.